The second-order valence-corrected chi connectivity index (χ2v) is 5.18. The molecule has 0 radical (unpaired) electrons. The molecule has 0 aliphatic carbocycles. The Morgan fingerprint density at radius 1 is 1.39 bits per heavy atom. The van der Waals surface area contributed by atoms with E-state index in [0.717, 1.165) is 26.1 Å². The third-order valence-electron chi connectivity index (χ3n) is 3.96. The van der Waals surface area contributed by atoms with Gasteiger partial charge in [0, 0.05) is 25.1 Å². The lowest BCUT2D eigenvalue weighted by atomic mass is 10.00. The van der Waals surface area contributed by atoms with Crippen molar-refractivity contribution in [2.24, 2.45) is 11.8 Å². The summed E-state index contributed by atoms with van der Waals surface area (Å²) in [5, 5.41) is 6.35. The summed E-state index contributed by atoms with van der Waals surface area (Å²) >= 11 is 0. The van der Waals surface area contributed by atoms with Crippen LogP contribution >= 0.6 is 0 Å². The topological polar surface area (TPSA) is 59.6 Å². The monoisotopic (exact) mass is 256 g/mol. The zero-order valence-corrected chi connectivity index (χ0v) is 11.3. The Labute approximate surface area is 109 Å². The highest BCUT2D eigenvalue weighted by molar-refractivity contribution is 5.79. The first-order valence-corrected chi connectivity index (χ1v) is 6.92. The van der Waals surface area contributed by atoms with Crippen molar-refractivity contribution in [1.29, 1.82) is 0 Å². The standard InChI is InChI=1S/C13H24N2O3/c1-3-14-12-8-17-7-11(12)13(16)15-6-10-4-5-18-9(10)2/h9-12,14H,3-8H2,1-2H3,(H,15,16). The van der Waals surface area contributed by atoms with Crippen molar-refractivity contribution in [2.75, 3.05) is 32.9 Å². The van der Waals surface area contributed by atoms with Crippen LogP contribution in [0, 0.1) is 11.8 Å². The molecule has 2 saturated heterocycles. The van der Waals surface area contributed by atoms with E-state index in [0.29, 0.717) is 19.1 Å². The highest BCUT2D eigenvalue weighted by Gasteiger charge is 2.34. The third kappa shape index (κ3) is 3.22. The lowest BCUT2D eigenvalue weighted by Gasteiger charge is -2.20. The Morgan fingerprint density at radius 3 is 2.89 bits per heavy atom. The number of carbonyl (C=O) groups excluding carboxylic acids is 1. The Kier molecular flexibility index (Phi) is 4.97. The molecular formula is C13H24N2O3. The molecule has 4 atom stereocenters. The normalized spacial score (nSPS) is 35.9. The summed E-state index contributed by atoms with van der Waals surface area (Å²) in [5.74, 6) is 0.508. The molecule has 0 aromatic heterocycles. The van der Waals surface area contributed by atoms with Gasteiger partial charge in [-0.15, -0.1) is 0 Å². The van der Waals surface area contributed by atoms with Crippen molar-refractivity contribution < 1.29 is 14.3 Å². The molecule has 2 heterocycles. The van der Waals surface area contributed by atoms with Crippen molar-refractivity contribution in [3.8, 4) is 0 Å². The summed E-state index contributed by atoms with van der Waals surface area (Å²) in [5.41, 5.74) is 0. The van der Waals surface area contributed by atoms with Gasteiger partial charge in [-0.1, -0.05) is 6.92 Å². The molecule has 4 unspecified atom stereocenters. The Hall–Kier alpha value is -0.650. The number of rotatable bonds is 5. The predicted molar refractivity (Wildman–Crippen MR) is 68.3 cm³/mol. The van der Waals surface area contributed by atoms with E-state index < -0.39 is 0 Å². The van der Waals surface area contributed by atoms with E-state index in [2.05, 4.69) is 17.6 Å². The molecule has 104 valence electrons. The van der Waals surface area contributed by atoms with Gasteiger partial charge in [0.25, 0.3) is 0 Å². The maximum absolute atomic E-state index is 12.1. The summed E-state index contributed by atoms with van der Waals surface area (Å²) in [7, 11) is 0. The minimum Gasteiger partial charge on any atom is -0.379 e. The van der Waals surface area contributed by atoms with Crippen LogP contribution in [0.3, 0.4) is 0 Å². The smallest absolute Gasteiger partial charge is 0.227 e. The summed E-state index contributed by atoms with van der Waals surface area (Å²) < 4.78 is 10.9. The summed E-state index contributed by atoms with van der Waals surface area (Å²) in [6.45, 7) is 7.68. The molecule has 5 nitrogen and oxygen atoms in total. The molecule has 0 aromatic carbocycles. The van der Waals surface area contributed by atoms with Crippen LogP contribution in [0.5, 0.6) is 0 Å². The largest absolute Gasteiger partial charge is 0.379 e. The molecule has 2 aliphatic heterocycles. The average Bonchev–Trinajstić information content (AvgIpc) is 2.96. The van der Waals surface area contributed by atoms with Gasteiger partial charge in [0.2, 0.25) is 5.91 Å². The first-order valence-electron chi connectivity index (χ1n) is 6.92. The van der Waals surface area contributed by atoms with Gasteiger partial charge in [-0.25, -0.2) is 0 Å². The Balaban J connectivity index is 1.76. The number of nitrogens with one attached hydrogen (secondary N) is 2. The SMILES string of the molecule is CCNC1COCC1C(=O)NCC1CCOC1C. The van der Waals surface area contributed by atoms with Crippen LogP contribution in [0.25, 0.3) is 0 Å². The van der Waals surface area contributed by atoms with Crippen molar-refractivity contribution in [1.82, 2.24) is 10.6 Å². The van der Waals surface area contributed by atoms with Crippen LogP contribution in [0.4, 0.5) is 0 Å². The molecule has 18 heavy (non-hydrogen) atoms. The second-order valence-electron chi connectivity index (χ2n) is 5.18. The molecular weight excluding hydrogens is 232 g/mol. The van der Waals surface area contributed by atoms with Crippen molar-refractivity contribution >= 4 is 5.91 Å². The summed E-state index contributed by atoms with van der Waals surface area (Å²) in [6, 6.07) is 0.159. The summed E-state index contributed by atoms with van der Waals surface area (Å²) in [4.78, 5) is 12.1. The van der Waals surface area contributed by atoms with E-state index in [4.69, 9.17) is 9.47 Å². The molecule has 2 fully saturated rings. The van der Waals surface area contributed by atoms with Crippen LogP contribution < -0.4 is 10.6 Å². The second kappa shape index (κ2) is 6.50. The number of hydrogen-bond acceptors (Lipinski definition) is 4. The molecule has 0 bridgehead atoms. The molecule has 0 aromatic rings. The highest BCUT2D eigenvalue weighted by Crippen LogP contribution is 2.20. The van der Waals surface area contributed by atoms with Gasteiger partial charge in [0.15, 0.2) is 0 Å². The molecule has 5 heteroatoms. The van der Waals surface area contributed by atoms with Crippen LogP contribution in [-0.4, -0.2) is 51.0 Å². The molecule has 2 rings (SSSR count). The van der Waals surface area contributed by atoms with E-state index in [9.17, 15) is 4.79 Å². The number of amides is 1. The quantitative estimate of drug-likeness (QED) is 0.735. The highest BCUT2D eigenvalue weighted by atomic mass is 16.5. The van der Waals surface area contributed by atoms with Gasteiger partial charge in [-0.3, -0.25) is 4.79 Å². The Morgan fingerprint density at radius 2 is 2.22 bits per heavy atom. The number of ether oxygens (including phenoxy) is 2. The minimum atomic E-state index is -0.0532. The van der Waals surface area contributed by atoms with Gasteiger partial charge < -0.3 is 20.1 Å². The zero-order valence-electron chi connectivity index (χ0n) is 11.3. The first-order chi connectivity index (χ1) is 8.72. The summed E-state index contributed by atoms with van der Waals surface area (Å²) in [6.07, 6.45) is 1.30. The number of carbonyl (C=O) groups is 1. The average molecular weight is 256 g/mol. The first kappa shape index (κ1) is 13.8. The molecule has 2 N–H and O–H groups in total. The maximum atomic E-state index is 12.1. The molecule has 0 spiro atoms. The van der Waals surface area contributed by atoms with Crippen LogP contribution in [0.1, 0.15) is 20.3 Å². The fourth-order valence-electron chi connectivity index (χ4n) is 2.68. The van der Waals surface area contributed by atoms with E-state index in [-0.39, 0.29) is 24.0 Å². The van der Waals surface area contributed by atoms with Crippen LogP contribution in [-0.2, 0) is 14.3 Å². The number of hydrogen-bond donors (Lipinski definition) is 2. The van der Waals surface area contributed by atoms with Gasteiger partial charge >= 0.3 is 0 Å². The van der Waals surface area contributed by atoms with Gasteiger partial charge in [-0.2, -0.15) is 0 Å². The van der Waals surface area contributed by atoms with Gasteiger partial charge in [-0.05, 0) is 19.9 Å². The van der Waals surface area contributed by atoms with Crippen molar-refractivity contribution in [3.63, 3.8) is 0 Å². The van der Waals surface area contributed by atoms with E-state index in [1.807, 2.05) is 6.92 Å². The fourth-order valence-corrected chi connectivity index (χ4v) is 2.68. The minimum absolute atomic E-state index is 0.0532. The zero-order chi connectivity index (χ0) is 13.0. The van der Waals surface area contributed by atoms with E-state index in [1.165, 1.54) is 0 Å². The molecule has 1 amide bonds. The molecule has 2 aliphatic rings. The fraction of sp³-hybridized carbons (Fsp3) is 0.923. The maximum Gasteiger partial charge on any atom is 0.227 e. The lowest BCUT2D eigenvalue weighted by Crippen LogP contribution is -2.45. The van der Waals surface area contributed by atoms with Crippen LogP contribution in [0.15, 0.2) is 0 Å². The van der Waals surface area contributed by atoms with E-state index >= 15 is 0 Å². The molecule has 0 saturated carbocycles. The lowest BCUT2D eigenvalue weighted by molar-refractivity contribution is -0.125. The third-order valence-corrected chi connectivity index (χ3v) is 3.96. The van der Waals surface area contributed by atoms with Crippen molar-refractivity contribution in [3.05, 3.63) is 0 Å². The predicted octanol–water partition coefficient (Wildman–Crippen LogP) is 0.152. The van der Waals surface area contributed by atoms with E-state index in [1.54, 1.807) is 0 Å². The number of likely N-dealkylation sites (N-methyl/N-ethyl adjacent to an activating group) is 1. The van der Waals surface area contributed by atoms with Gasteiger partial charge in [0.05, 0.1) is 25.2 Å². The van der Waals surface area contributed by atoms with Crippen molar-refractivity contribution in [2.45, 2.75) is 32.4 Å². The van der Waals surface area contributed by atoms with Gasteiger partial charge in [0.1, 0.15) is 0 Å². The van der Waals surface area contributed by atoms with Crippen LogP contribution in [0.2, 0.25) is 0 Å². The Bertz CT molecular complexity index is 285.